The molecule has 2 saturated heterocycles. The molecule has 1 aliphatic carbocycles. The summed E-state index contributed by atoms with van der Waals surface area (Å²) >= 11 is 0. The molecule has 14 nitrogen and oxygen atoms in total. The van der Waals surface area contributed by atoms with Crippen molar-refractivity contribution >= 4 is 35.5 Å². The van der Waals surface area contributed by atoms with Crippen LogP contribution in [0.3, 0.4) is 0 Å². The Labute approximate surface area is 255 Å². The van der Waals surface area contributed by atoms with Gasteiger partial charge in [-0.25, -0.2) is 23.6 Å². The standard InChI is InChI=1S/C29H31F2N9O5/c30-27(31)10-9-17-15(11-27)5-4-8-18(17)23(42)35-20-13-40-25(33)34-19(22-28(40,29(20,44)45)37-24(32)36-22)12-39-21(41)14-38(26(39)43)16-6-2-1-3-7-16/h1-8,19-20,22,44-45H,9-14H2,(H2,33,34)(H,35,42)(H3,32,36,37)/t19-,20?,22-,28?/m0/s1. The smallest absolute Gasteiger partial charge is 0.331 e. The molecular weight excluding hydrogens is 592 g/mol. The van der Waals surface area contributed by atoms with Crippen molar-refractivity contribution < 1.29 is 33.4 Å². The number of benzene rings is 2. The molecule has 4 amide bonds. The molecule has 4 aliphatic heterocycles. The molecule has 2 fully saturated rings. The number of urea groups is 1. The van der Waals surface area contributed by atoms with Crippen LogP contribution in [0, 0.1) is 0 Å². The average Bonchev–Trinajstić information content (AvgIpc) is 3.57. The number of aliphatic imine (C=N–C) groups is 2. The predicted molar refractivity (Wildman–Crippen MR) is 156 cm³/mol. The summed E-state index contributed by atoms with van der Waals surface area (Å²) in [7, 11) is 0. The van der Waals surface area contributed by atoms with Crippen LogP contribution in [-0.2, 0) is 17.6 Å². The van der Waals surface area contributed by atoms with Gasteiger partial charge in [-0.3, -0.25) is 19.4 Å². The Morgan fingerprint density at radius 2 is 1.84 bits per heavy atom. The number of rotatable bonds is 5. The van der Waals surface area contributed by atoms with E-state index >= 15 is 0 Å². The quantitative estimate of drug-likeness (QED) is 0.179. The topological polar surface area (TPSA) is 202 Å². The second kappa shape index (κ2) is 9.84. The molecule has 0 aromatic heterocycles. The molecule has 2 unspecified atom stereocenters. The van der Waals surface area contributed by atoms with Crippen molar-refractivity contribution in [1.29, 1.82) is 0 Å². The predicted octanol–water partition coefficient (Wildman–Crippen LogP) is -0.946. The summed E-state index contributed by atoms with van der Waals surface area (Å²) in [6.45, 7) is -0.711. The van der Waals surface area contributed by atoms with Crippen molar-refractivity contribution in [3.05, 3.63) is 65.2 Å². The number of anilines is 1. The third-order valence-electron chi connectivity index (χ3n) is 9.31. The van der Waals surface area contributed by atoms with Gasteiger partial charge in [0.05, 0.1) is 12.6 Å². The summed E-state index contributed by atoms with van der Waals surface area (Å²) < 4.78 is 28.1. The summed E-state index contributed by atoms with van der Waals surface area (Å²) in [6, 6.07) is 9.07. The summed E-state index contributed by atoms with van der Waals surface area (Å²) in [5.41, 5.74) is 12.0. The number of hydrogen-bond donors (Lipinski definition) is 6. The van der Waals surface area contributed by atoms with Crippen molar-refractivity contribution in [2.45, 2.75) is 54.8 Å². The number of hydrogen-bond acceptors (Lipinski definition) is 11. The number of amides is 4. The monoisotopic (exact) mass is 623 g/mol. The van der Waals surface area contributed by atoms with Gasteiger partial charge >= 0.3 is 6.03 Å². The number of nitrogens with zero attached hydrogens (tertiary/aromatic N) is 5. The summed E-state index contributed by atoms with van der Waals surface area (Å²) in [5, 5.41) is 29.0. The van der Waals surface area contributed by atoms with Gasteiger partial charge in [0.15, 0.2) is 17.6 Å². The number of aliphatic hydroxyl groups is 2. The normalized spacial score (nSPS) is 29.4. The highest BCUT2D eigenvalue weighted by atomic mass is 19.3. The van der Waals surface area contributed by atoms with E-state index < -0.39 is 66.2 Å². The summed E-state index contributed by atoms with van der Waals surface area (Å²) in [6.07, 6.45) is -0.910. The van der Waals surface area contributed by atoms with E-state index in [9.17, 15) is 33.4 Å². The highest BCUT2D eigenvalue weighted by molar-refractivity contribution is 6.12. The number of para-hydroxylation sites is 1. The Morgan fingerprint density at radius 1 is 1.09 bits per heavy atom. The fourth-order valence-corrected chi connectivity index (χ4v) is 7.17. The van der Waals surface area contributed by atoms with Crippen LogP contribution >= 0.6 is 0 Å². The number of nitrogens with two attached hydrogens (primary N) is 2. The third-order valence-corrected chi connectivity index (χ3v) is 9.31. The van der Waals surface area contributed by atoms with Gasteiger partial charge in [0.25, 0.3) is 17.7 Å². The Hall–Kier alpha value is -4.83. The number of imide groups is 1. The maximum atomic E-state index is 14.0. The van der Waals surface area contributed by atoms with Gasteiger partial charge in [-0.15, -0.1) is 0 Å². The number of carbonyl (C=O) groups excluding carboxylic acids is 3. The zero-order valence-electron chi connectivity index (χ0n) is 23.9. The van der Waals surface area contributed by atoms with Crippen LogP contribution < -0.4 is 27.0 Å². The van der Waals surface area contributed by atoms with E-state index in [0.29, 0.717) is 16.8 Å². The average molecular weight is 624 g/mol. The lowest BCUT2D eigenvalue weighted by Crippen LogP contribution is -2.78. The van der Waals surface area contributed by atoms with Crippen molar-refractivity contribution in [1.82, 2.24) is 20.4 Å². The second-order valence-corrected chi connectivity index (χ2v) is 12.0. The Bertz CT molecular complexity index is 1670. The minimum Gasteiger partial charge on any atom is -0.370 e. The lowest BCUT2D eigenvalue weighted by Gasteiger charge is -2.49. The molecule has 7 rings (SSSR count). The first-order valence-electron chi connectivity index (χ1n) is 14.5. The number of alkyl halides is 2. The Kier molecular flexibility index (Phi) is 6.32. The van der Waals surface area contributed by atoms with E-state index in [1.807, 2.05) is 0 Å². The first-order chi connectivity index (χ1) is 21.3. The third kappa shape index (κ3) is 4.30. The van der Waals surface area contributed by atoms with Gasteiger partial charge in [-0.1, -0.05) is 30.3 Å². The van der Waals surface area contributed by atoms with E-state index in [1.165, 1.54) is 21.9 Å². The van der Waals surface area contributed by atoms with Gasteiger partial charge in [-0.2, -0.15) is 0 Å². The molecule has 16 heteroatoms. The van der Waals surface area contributed by atoms with Crippen LogP contribution in [0.4, 0.5) is 19.3 Å². The van der Waals surface area contributed by atoms with Crippen molar-refractivity contribution in [3.63, 3.8) is 0 Å². The molecule has 45 heavy (non-hydrogen) atoms. The van der Waals surface area contributed by atoms with E-state index in [2.05, 4.69) is 20.6 Å². The van der Waals surface area contributed by atoms with E-state index in [0.717, 1.165) is 4.90 Å². The lowest BCUT2D eigenvalue weighted by atomic mass is 9.84. The minimum atomic E-state index is -2.87. The Balaban J connectivity index is 1.16. The van der Waals surface area contributed by atoms with Crippen LogP contribution in [0.25, 0.3) is 0 Å². The van der Waals surface area contributed by atoms with Gasteiger partial charge in [0, 0.05) is 30.6 Å². The van der Waals surface area contributed by atoms with E-state index in [1.54, 1.807) is 36.4 Å². The number of nitrogens with one attached hydrogen (secondary N) is 2. The van der Waals surface area contributed by atoms with Crippen molar-refractivity contribution in [2.75, 3.05) is 24.5 Å². The van der Waals surface area contributed by atoms with E-state index in [-0.39, 0.29) is 43.5 Å². The fourth-order valence-electron chi connectivity index (χ4n) is 7.17. The zero-order valence-corrected chi connectivity index (χ0v) is 23.9. The molecule has 5 aliphatic rings. The molecule has 0 saturated carbocycles. The lowest BCUT2D eigenvalue weighted by molar-refractivity contribution is -0.230. The number of carbonyl (C=O) groups is 3. The molecule has 4 heterocycles. The molecule has 236 valence electrons. The summed E-state index contributed by atoms with van der Waals surface area (Å²) in [4.78, 5) is 52.3. The number of guanidine groups is 2. The molecule has 4 atom stereocenters. The number of fused-ring (bicyclic) bond motifs is 1. The van der Waals surface area contributed by atoms with Crippen LogP contribution in [-0.4, -0.2) is 105 Å². The SMILES string of the molecule is NC1=N[C@H]2[C@H](CN3C(=O)CN(c4ccccc4)C3=O)N=C(N)N3CC(NC(=O)c4cccc5c4CCC(F)(F)C5)C(O)(O)C23N1. The first kappa shape index (κ1) is 28.9. The molecule has 1 spiro atoms. The number of halogens is 2. The van der Waals surface area contributed by atoms with Gasteiger partial charge in [0.2, 0.25) is 5.79 Å². The molecule has 2 aromatic carbocycles. The largest absolute Gasteiger partial charge is 0.370 e. The highest BCUT2D eigenvalue weighted by Crippen LogP contribution is 2.45. The van der Waals surface area contributed by atoms with Gasteiger partial charge in [0.1, 0.15) is 18.6 Å². The molecular formula is C29H31F2N9O5. The van der Waals surface area contributed by atoms with Crippen molar-refractivity contribution in [2.24, 2.45) is 21.5 Å². The van der Waals surface area contributed by atoms with Crippen molar-refractivity contribution in [3.8, 4) is 0 Å². The first-order valence-corrected chi connectivity index (χ1v) is 14.5. The molecule has 0 radical (unpaired) electrons. The molecule has 8 N–H and O–H groups in total. The van der Waals surface area contributed by atoms with Crippen LogP contribution in [0.15, 0.2) is 58.5 Å². The molecule has 0 bridgehead atoms. The minimum absolute atomic E-state index is 0.0129. The van der Waals surface area contributed by atoms with Crippen LogP contribution in [0.1, 0.15) is 27.9 Å². The zero-order chi connectivity index (χ0) is 31.9. The van der Waals surface area contributed by atoms with Crippen LogP contribution in [0.2, 0.25) is 0 Å². The maximum absolute atomic E-state index is 14.0. The van der Waals surface area contributed by atoms with Gasteiger partial charge in [-0.05, 0) is 35.7 Å². The Morgan fingerprint density at radius 3 is 2.60 bits per heavy atom. The fraction of sp³-hybridized carbons (Fsp3) is 0.414. The van der Waals surface area contributed by atoms with Gasteiger partial charge < -0.3 is 37.2 Å². The van der Waals surface area contributed by atoms with E-state index in [4.69, 9.17) is 11.5 Å². The van der Waals surface area contributed by atoms with Crippen LogP contribution in [0.5, 0.6) is 0 Å². The highest BCUT2D eigenvalue weighted by Gasteiger charge is 2.73. The second-order valence-electron chi connectivity index (χ2n) is 12.0. The maximum Gasteiger partial charge on any atom is 0.331 e. The summed E-state index contributed by atoms with van der Waals surface area (Å²) in [5.74, 6) is -7.14. The molecule has 2 aromatic rings.